The molecule has 0 radical (unpaired) electrons. The van der Waals surface area contributed by atoms with Crippen molar-refractivity contribution in [3.05, 3.63) is 127 Å². The SMILES string of the molecule is O=C(C=Cc1ccc(C=CC(=O)N2CC(CCl)c3c2cc([N+](=O)[O-])c2cc(S(=O)(=O)NCCO)ccc32)cc1)N1CC(CCl)c2c1cc([N+](=O)[O-])c1cc(S(=O)(=O)NCCO)ccc21. The number of sulfonamides is 2. The Kier molecular flexibility index (Phi) is 13.5. The lowest BCUT2D eigenvalue weighted by molar-refractivity contribution is -0.383. The molecule has 334 valence electrons. The van der Waals surface area contributed by atoms with Crippen molar-refractivity contribution in [1.29, 1.82) is 0 Å². The standard InChI is InChI=1S/C42H38Cl2N6O12S2/c43-21-27-23-47(37-19-35(49(55)56)33-17-29(7-9-31(33)41(27)37)63(59,60)45-13-15-51)39(53)11-5-25-1-2-26(4-3-25)6-12-40(54)48-24-28(22-44)42-32-10-8-30(64(61,62)46-14-16-52)18-34(32)36(50(57)58)20-38(42)48/h1-12,17-20,27-28,45-46,51-52H,13-16,21-24H2. The zero-order valence-corrected chi connectivity index (χ0v) is 36.5. The van der Waals surface area contributed by atoms with Crippen molar-refractivity contribution in [2.24, 2.45) is 0 Å². The number of fused-ring (bicyclic) bond motifs is 6. The first-order chi connectivity index (χ1) is 30.5. The number of nitrogens with zero attached hydrogens (tertiary/aromatic N) is 4. The van der Waals surface area contributed by atoms with Gasteiger partial charge in [-0.05, 0) is 69.4 Å². The Bertz CT molecular complexity index is 2820. The molecule has 22 heteroatoms. The van der Waals surface area contributed by atoms with Crippen LogP contribution in [0.25, 0.3) is 33.7 Å². The number of hydrogen-bond donors (Lipinski definition) is 4. The predicted molar refractivity (Wildman–Crippen MR) is 242 cm³/mol. The molecule has 2 unspecified atom stereocenters. The van der Waals surface area contributed by atoms with E-state index >= 15 is 0 Å². The molecule has 0 aliphatic carbocycles. The lowest BCUT2D eigenvalue weighted by Gasteiger charge is -2.16. The van der Waals surface area contributed by atoms with Crippen LogP contribution in [0.2, 0.25) is 0 Å². The van der Waals surface area contributed by atoms with E-state index < -0.39 is 78.1 Å². The first-order valence-corrected chi connectivity index (χ1v) is 23.5. The van der Waals surface area contributed by atoms with Gasteiger partial charge in [0.15, 0.2) is 0 Å². The Balaban J connectivity index is 1.10. The summed E-state index contributed by atoms with van der Waals surface area (Å²) in [5.41, 5.74) is 2.06. The van der Waals surface area contributed by atoms with Gasteiger partial charge in [-0.1, -0.05) is 36.4 Å². The largest absolute Gasteiger partial charge is 0.395 e. The van der Waals surface area contributed by atoms with E-state index in [0.717, 1.165) is 0 Å². The summed E-state index contributed by atoms with van der Waals surface area (Å²) in [4.78, 5) is 52.8. The second-order valence-electron chi connectivity index (χ2n) is 14.8. The maximum absolute atomic E-state index is 13.7. The number of amides is 2. The van der Waals surface area contributed by atoms with E-state index in [0.29, 0.717) is 33.0 Å². The van der Waals surface area contributed by atoms with Gasteiger partial charge >= 0.3 is 0 Å². The van der Waals surface area contributed by atoms with E-state index in [1.165, 1.54) is 70.5 Å². The molecule has 18 nitrogen and oxygen atoms in total. The number of benzene rings is 5. The number of anilines is 2. The van der Waals surface area contributed by atoms with Crippen molar-refractivity contribution in [2.75, 3.05) is 61.0 Å². The lowest BCUT2D eigenvalue weighted by Crippen LogP contribution is -2.28. The minimum absolute atomic E-state index is 0.0496. The topological polar surface area (TPSA) is 260 Å². The highest BCUT2D eigenvalue weighted by Crippen LogP contribution is 2.47. The molecule has 2 aliphatic heterocycles. The van der Waals surface area contributed by atoms with Gasteiger partial charge in [0.05, 0.1) is 55.0 Å². The highest BCUT2D eigenvalue weighted by molar-refractivity contribution is 7.89. The van der Waals surface area contributed by atoms with Crippen molar-refractivity contribution in [3.8, 4) is 0 Å². The lowest BCUT2D eigenvalue weighted by atomic mass is 9.95. The summed E-state index contributed by atoms with van der Waals surface area (Å²) in [6.07, 6.45) is 5.72. The molecule has 2 heterocycles. The number of non-ortho nitro benzene ring substituents is 2. The second kappa shape index (κ2) is 18.7. The molecule has 0 saturated carbocycles. The summed E-state index contributed by atoms with van der Waals surface area (Å²) in [5.74, 6) is -1.69. The molecule has 2 aliphatic rings. The number of halogens is 2. The second-order valence-corrected chi connectivity index (χ2v) is 18.9. The predicted octanol–water partition coefficient (Wildman–Crippen LogP) is 5.12. The monoisotopic (exact) mass is 952 g/mol. The van der Waals surface area contributed by atoms with Crippen LogP contribution in [0.5, 0.6) is 0 Å². The fraction of sp³-hybridized carbons (Fsp3) is 0.238. The maximum atomic E-state index is 13.7. The van der Waals surface area contributed by atoms with Crippen LogP contribution in [0.4, 0.5) is 22.7 Å². The number of carbonyl (C=O) groups is 2. The number of aliphatic hydroxyl groups is 2. The molecule has 5 aromatic carbocycles. The molecule has 0 fully saturated rings. The van der Waals surface area contributed by atoms with Gasteiger partial charge in [-0.25, -0.2) is 26.3 Å². The van der Waals surface area contributed by atoms with Gasteiger partial charge in [0.2, 0.25) is 20.0 Å². The number of alkyl halides is 2. The van der Waals surface area contributed by atoms with Gasteiger partial charge < -0.3 is 20.0 Å². The van der Waals surface area contributed by atoms with E-state index in [-0.39, 0.29) is 69.9 Å². The Hall–Kier alpha value is -5.84. The number of nitro benzene ring substituents is 2. The smallest absolute Gasteiger partial charge is 0.279 e. The summed E-state index contributed by atoms with van der Waals surface area (Å²) in [7, 11) is -8.17. The summed E-state index contributed by atoms with van der Waals surface area (Å²) in [5, 5.41) is 43.5. The van der Waals surface area contributed by atoms with Crippen LogP contribution in [-0.4, -0.2) is 99.9 Å². The van der Waals surface area contributed by atoms with Gasteiger partial charge in [-0.2, -0.15) is 0 Å². The van der Waals surface area contributed by atoms with Crippen molar-refractivity contribution < 1.29 is 46.5 Å². The molecule has 4 N–H and O–H groups in total. The molecule has 2 atom stereocenters. The fourth-order valence-electron chi connectivity index (χ4n) is 7.98. The van der Waals surface area contributed by atoms with Gasteiger partial charge in [-0.3, -0.25) is 29.8 Å². The molecule has 0 aromatic heterocycles. The molecule has 0 bridgehead atoms. The van der Waals surface area contributed by atoms with Crippen molar-refractivity contribution in [3.63, 3.8) is 0 Å². The summed E-state index contributed by atoms with van der Waals surface area (Å²) < 4.78 is 55.5. The average molecular weight is 954 g/mol. The van der Waals surface area contributed by atoms with Crippen LogP contribution >= 0.6 is 23.2 Å². The van der Waals surface area contributed by atoms with Gasteiger partial charge in [-0.15, -0.1) is 23.2 Å². The Morgan fingerprint density at radius 3 is 1.34 bits per heavy atom. The Morgan fingerprint density at radius 2 is 1.02 bits per heavy atom. The van der Waals surface area contributed by atoms with Crippen LogP contribution in [-0.2, 0) is 29.6 Å². The van der Waals surface area contributed by atoms with Crippen LogP contribution in [0.1, 0.15) is 34.1 Å². The number of rotatable bonds is 16. The van der Waals surface area contributed by atoms with Crippen molar-refractivity contribution in [1.82, 2.24) is 9.44 Å². The van der Waals surface area contributed by atoms with Gasteiger partial charge in [0, 0.05) is 74.1 Å². The molecule has 5 aromatic rings. The zero-order valence-electron chi connectivity index (χ0n) is 33.4. The Morgan fingerprint density at radius 1 is 0.641 bits per heavy atom. The number of nitro groups is 2. The van der Waals surface area contributed by atoms with Crippen LogP contribution < -0.4 is 19.2 Å². The van der Waals surface area contributed by atoms with E-state index in [2.05, 4.69) is 9.44 Å². The molecule has 7 rings (SSSR count). The van der Waals surface area contributed by atoms with Crippen LogP contribution in [0, 0.1) is 20.2 Å². The summed E-state index contributed by atoms with van der Waals surface area (Å²) in [6, 6.07) is 17.1. The van der Waals surface area contributed by atoms with Gasteiger partial charge in [0.25, 0.3) is 23.2 Å². The zero-order chi connectivity index (χ0) is 46.1. The van der Waals surface area contributed by atoms with Crippen molar-refractivity contribution >= 4 is 112 Å². The quantitative estimate of drug-likeness (QED) is 0.0435. The molecule has 0 spiro atoms. The Labute approximate surface area is 375 Å². The van der Waals surface area contributed by atoms with E-state index in [1.54, 1.807) is 36.4 Å². The third kappa shape index (κ3) is 8.95. The fourth-order valence-corrected chi connectivity index (χ4v) is 10.6. The molecule has 64 heavy (non-hydrogen) atoms. The number of carbonyl (C=O) groups excluding carboxylic acids is 2. The molecule has 0 saturated heterocycles. The minimum Gasteiger partial charge on any atom is -0.395 e. The highest BCUT2D eigenvalue weighted by Gasteiger charge is 2.37. The third-order valence-electron chi connectivity index (χ3n) is 10.9. The van der Waals surface area contributed by atoms with Crippen molar-refractivity contribution in [2.45, 2.75) is 21.6 Å². The van der Waals surface area contributed by atoms with E-state index in [9.17, 15) is 46.7 Å². The normalized spacial score (nSPS) is 16.3. The average Bonchev–Trinajstić information content (AvgIpc) is 3.87. The number of aliphatic hydroxyl groups excluding tert-OH is 2. The number of hydrogen-bond acceptors (Lipinski definition) is 12. The highest BCUT2D eigenvalue weighted by atomic mass is 35.5. The maximum Gasteiger partial charge on any atom is 0.279 e. The summed E-state index contributed by atoms with van der Waals surface area (Å²) in [6.45, 7) is -1.16. The van der Waals surface area contributed by atoms with Crippen LogP contribution in [0.3, 0.4) is 0 Å². The third-order valence-corrected chi connectivity index (χ3v) is 14.6. The number of nitrogens with one attached hydrogen (secondary N) is 2. The molecular formula is C42H38Cl2N6O12S2. The minimum atomic E-state index is -4.08. The van der Waals surface area contributed by atoms with E-state index in [1.807, 2.05) is 0 Å². The van der Waals surface area contributed by atoms with E-state index in [4.69, 9.17) is 33.4 Å². The summed E-state index contributed by atoms with van der Waals surface area (Å²) >= 11 is 12.7. The molecular weight excluding hydrogens is 916 g/mol. The first kappa shape index (κ1) is 46.2. The van der Waals surface area contributed by atoms with Crippen LogP contribution in [0.15, 0.2) is 94.7 Å². The first-order valence-electron chi connectivity index (χ1n) is 19.5. The molecule has 2 amide bonds. The van der Waals surface area contributed by atoms with Gasteiger partial charge in [0.1, 0.15) is 0 Å².